The van der Waals surface area contributed by atoms with Crippen LogP contribution in [0.25, 0.3) is 0 Å². The highest BCUT2D eigenvalue weighted by molar-refractivity contribution is 4.96. The predicted octanol–water partition coefficient (Wildman–Crippen LogP) is 2.58. The summed E-state index contributed by atoms with van der Waals surface area (Å²) in [6, 6.07) is 0.445. The van der Waals surface area contributed by atoms with Gasteiger partial charge in [0.15, 0.2) is 0 Å². The molecule has 0 heterocycles. The van der Waals surface area contributed by atoms with Gasteiger partial charge in [0, 0.05) is 19.6 Å². The molecule has 0 aromatic rings. The van der Waals surface area contributed by atoms with Crippen LogP contribution in [-0.2, 0) is 4.74 Å². The third kappa shape index (κ3) is 6.54. The van der Waals surface area contributed by atoms with Gasteiger partial charge in [0.2, 0.25) is 0 Å². The van der Waals surface area contributed by atoms with Gasteiger partial charge in [-0.3, -0.25) is 0 Å². The molecule has 0 amide bonds. The lowest BCUT2D eigenvalue weighted by atomic mass is 10.0. The van der Waals surface area contributed by atoms with Gasteiger partial charge in [0.1, 0.15) is 0 Å². The summed E-state index contributed by atoms with van der Waals surface area (Å²) >= 11 is 0. The summed E-state index contributed by atoms with van der Waals surface area (Å²) in [5.74, 6) is 6.05. The number of likely N-dealkylation sites (N-methyl/N-ethyl adjacent to an activating group) is 1. The van der Waals surface area contributed by atoms with Gasteiger partial charge >= 0.3 is 0 Å². The summed E-state index contributed by atoms with van der Waals surface area (Å²) in [5.41, 5.74) is 0. The quantitative estimate of drug-likeness (QED) is 0.623. The van der Waals surface area contributed by atoms with Crippen molar-refractivity contribution in [2.45, 2.75) is 58.6 Å². The van der Waals surface area contributed by atoms with Crippen molar-refractivity contribution in [2.24, 2.45) is 0 Å². The molecule has 2 atom stereocenters. The molecule has 2 unspecified atom stereocenters. The summed E-state index contributed by atoms with van der Waals surface area (Å²) < 4.78 is 5.53. The van der Waals surface area contributed by atoms with Crippen LogP contribution < -0.4 is 5.32 Å². The number of rotatable bonds is 8. The minimum absolute atomic E-state index is 0.327. The van der Waals surface area contributed by atoms with Crippen molar-refractivity contribution in [3.05, 3.63) is 0 Å². The summed E-state index contributed by atoms with van der Waals surface area (Å²) in [6.45, 7) is 7.22. The van der Waals surface area contributed by atoms with Crippen molar-refractivity contribution in [3.8, 4) is 11.8 Å². The lowest BCUT2D eigenvalue weighted by Crippen LogP contribution is -2.40. The average molecular weight is 211 g/mol. The molecule has 15 heavy (non-hydrogen) atoms. The first-order chi connectivity index (χ1) is 7.29. The summed E-state index contributed by atoms with van der Waals surface area (Å²) in [6.07, 6.45) is 4.65. The standard InChI is InChI=1S/C13H25NO/c1-5-8-9-11-12(14-7-3)13(15-4)10-6-2/h12-14H,6-7,9-11H2,1-4H3. The molecule has 0 rings (SSSR count). The molecule has 0 bridgehead atoms. The zero-order valence-corrected chi connectivity index (χ0v) is 10.6. The Morgan fingerprint density at radius 3 is 2.47 bits per heavy atom. The first kappa shape index (κ1) is 14.5. The third-order valence-corrected chi connectivity index (χ3v) is 2.55. The van der Waals surface area contributed by atoms with Gasteiger partial charge in [-0.25, -0.2) is 0 Å². The summed E-state index contributed by atoms with van der Waals surface area (Å²) in [7, 11) is 1.80. The molecule has 88 valence electrons. The molecule has 0 aliphatic rings. The van der Waals surface area contributed by atoms with Crippen molar-refractivity contribution in [1.29, 1.82) is 0 Å². The molecule has 2 heteroatoms. The van der Waals surface area contributed by atoms with Gasteiger partial charge in [0.25, 0.3) is 0 Å². The van der Waals surface area contributed by atoms with E-state index in [-0.39, 0.29) is 0 Å². The van der Waals surface area contributed by atoms with E-state index >= 15 is 0 Å². The van der Waals surface area contributed by atoms with E-state index in [0.29, 0.717) is 12.1 Å². The van der Waals surface area contributed by atoms with Crippen LogP contribution in [0.3, 0.4) is 0 Å². The maximum atomic E-state index is 5.53. The molecule has 0 radical (unpaired) electrons. The second-order valence-electron chi connectivity index (χ2n) is 3.69. The van der Waals surface area contributed by atoms with Gasteiger partial charge in [-0.2, -0.15) is 0 Å². The Bertz CT molecular complexity index is 192. The van der Waals surface area contributed by atoms with Gasteiger partial charge < -0.3 is 10.1 Å². The van der Waals surface area contributed by atoms with Gasteiger partial charge in [-0.05, 0) is 26.3 Å². The zero-order valence-electron chi connectivity index (χ0n) is 10.6. The molecule has 0 fully saturated rings. The maximum Gasteiger partial charge on any atom is 0.0724 e. The molecular formula is C13H25NO. The number of nitrogens with one attached hydrogen (secondary N) is 1. The molecule has 0 spiro atoms. The number of ether oxygens (including phenoxy) is 1. The van der Waals surface area contributed by atoms with E-state index in [9.17, 15) is 0 Å². The smallest absolute Gasteiger partial charge is 0.0724 e. The lowest BCUT2D eigenvalue weighted by Gasteiger charge is -2.26. The van der Waals surface area contributed by atoms with Crippen molar-refractivity contribution >= 4 is 0 Å². The topological polar surface area (TPSA) is 21.3 Å². The van der Waals surface area contributed by atoms with Crippen molar-refractivity contribution in [2.75, 3.05) is 13.7 Å². The van der Waals surface area contributed by atoms with Gasteiger partial charge in [-0.1, -0.05) is 20.3 Å². The van der Waals surface area contributed by atoms with E-state index in [1.54, 1.807) is 7.11 Å². The third-order valence-electron chi connectivity index (χ3n) is 2.55. The molecule has 2 nitrogen and oxygen atoms in total. The Balaban J connectivity index is 4.10. The Morgan fingerprint density at radius 2 is 2.00 bits per heavy atom. The highest BCUT2D eigenvalue weighted by Gasteiger charge is 2.18. The summed E-state index contributed by atoms with van der Waals surface area (Å²) in [5, 5.41) is 3.48. The van der Waals surface area contributed by atoms with Crippen LogP contribution in [0.15, 0.2) is 0 Å². The van der Waals surface area contributed by atoms with Crippen molar-refractivity contribution in [1.82, 2.24) is 5.32 Å². The molecule has 1 N–H and O–H groups in total. The number of hydrogen-bond donors (Lipinski definition) is 1. The van der Waals surface area contributed by atoms with E-state index in [0.717, 1.165) is 25.8 Å². The minimum atomic E-state index is 0.327. The average Bonchev–Trinajstić information content (AvgIpc) is 2.25. The number of methoxy groups -OCH3 is 1. The first-order valence-electron chi connectivity index (χ1n) is 5.95. The molecule has 0 aliphatic heterocycles. The van der Waals surface area contributed by atoms with Crippen LogP contribution in [0.4, 0.5) is 0 Å². The SMILES string of the molecule is CC#CCCC(NCC)C(CCC)OC. The normalized spacial score (nSPS) is 14.1. The monoisotopic (exact) mass is 211 g/mol. The Morgan fingerprint density at radius 1 is 1.27 bits per heavy atom. The second-order valence-corrected chi connectivity index (χ2v) is 3.69. The second kappa shape index (κ2) is 10.0. The molecule has 0 saturated carbocycles. The Hall–Kier alpha value is -0.520. The fourth-order valence-corrected chi connectivity index (χ4v) is 1.80. The van der Waals surface area contributed by atoms with Gasteiger partial charge in [0.05, 0.1) is 6.10 Å². The fraction of sp³-hybridized carbons (Fsp3) is 0.846. The fourth-order valence-electron chi connectivity index (χ4n) is 1.80. The number of hydrogen-bond acceptors (Lipinski definition) is 2. The Labute approximate surface area is 94.8 Å². The maximum absolute atomic E-state index is 5.53. The largest absolute Gasteiger partial charge is 0.380 e. The van der Waals surface area contributed by atoms with Crippen LogP contribution in [0, 0.1) is 11.8 Å². The first-order valence-corrected chi connectivity index (χ1v) is 5.95. The van der Waals surface area contributed by atoms with E-state index < -0.39 is 0 Å². The summed E-state index contributed by atoms with van der Waals surface area (Å²) in [4.78, 5) is 0. The van der Waals surface area contributed by atoms with Crippen LogP contribution >= 0.6 is 0 Å². The molecule has 0 aliphatic carbocycles. The van der Waals surface area contributed by atoms with Crippen LogP contribution in [0.2, 0.25) is 0 Å². The minimum Gasteiger partial charge on any atom is -0.380 e. The van der Waals surface area contributed by atoms with Crippen LogP contribution in [0.1, 0.15) is 46.5 Å². The molecule has 0 saturated heterocycles. The molecular weight excluding hydrogens is 186 g/mol. The zero-order chi connectivity index (χ0) is 11.5. The van der Waals surface area contributed by atoms with Crippen molar-refractivity contribution < 1.29 is 4.74 Å². The van der Waals surface area contributed by atoms with Crippen molar-refractivity contribution in [3.63, 3.8) is 0 Å². The molecule has 0 aromatic heterocycles. The highest BCUT2D eigenvalue weighted by Crippen LogP contribution is 2.11. The predicted molar refractivity (Wildman–Crippen MR) is 65.9 cm³/mol. The Kier molecular flexibility index (Phi) is 9.67. The van der Waals surface area contributed by atoms with Gasteiger partial charge in [-0.15, -0.1) is 11.8 Å². The lowest BCUT2D eigenvalue weighted by molar-refractivity contribution is 0.0591. The van der Waals surface area contributed by atoms with E-state index in [1.807, 2.05) is 6.92 Å². The molecule has 0 aromatic carbocycles. The van der Waals surface area contributed by atoms with Crippen LogP contribution in [-0.4, -0.2) is 25.8 Å². The van der Waals surface area contributed by atoms with E-state index in [2.05, 4.69) is 31.0 Å². The van der Waals surface area contributed by atoms with Crippen LogP contribution in [0.5, 0.6) is 0 Å². The highest BCUT2D eigenvalue weighted by atomic mass is 16.5. The van der Waals surface area contributed by atoms with E-state index in [1.165, 1.54) is 6.42 Å². The van der Waals surface area contributed by atoms with E-state index in [4.69, 9.17) is 4.74 Å².